The molecule has 0 radical (unpaired) electrons. The van der Waals surface area contributed by atoms with E-state index in [4.69, 9.17) is 4.74 Å². The maximum atomic E-state index is 13.6. The molecule has 1 N–H and O–H groups in total. The Hall–Kier alpha value is -2.41. The number of hydrogen-bond donors (Lipinski definition) is 1. The van der Waals surface area contributed by atoms with Gasteiger partial charge in [0.1, 0.15) is 5.75 Å². The zero-order valence-corrected chi connectivity index (χ0v) is 21.3. The Morgan fingerprint density at radius 1 is 1.03 bits per heavy atom. The van der Waals surface area contributed by atoms with Crippen molar-refractivity contribution in [2.75, 3.05) is 13.7 Å². The van der Waals surface area contributed by atoms with Crippen LogP contribution in [0.1, 0.15) is 64.9 Å². The number of ether oxygens (including phenoxy) is 1. The molecule has 0 atom stereocenters. The number of carboxylic acid groups (broad SMARTS) is 1. The van der Waals surface area contributed by atoms with Crippen molar-refractivity contribution in [1.29, 1.82) is 0 Å². The topological polar surface area (TPSA) is 83.9 Å². The number of rotatable bonds is 4. The van der Waals surface area contributed by atoms with Crippen LogP contribution in [-0.4, -0.2) is 41.2 Å². The predicted octanol–water partition coefficient (Wildman–Crippen LogP) is 5.23. The van der Waals surface area contributed by atoms with Crippen LogP contribution in [0.4, 0.5) is 0 Å². The molecule has 6 nitrogen and oxygen atoms in total. The van der Waals surface area contributed by atoms with E-state index in [2.05, 4.69) is 48.5 Å². The van der Waals surface area contributed by atoms with E-state index in [1.165, 1.54) is 0 Å². The van der Waals surface area contributed by atoms with E-state index in [1.54, 1.807) is 12.1 Å². The summed E-state index contributed by atoms with van der Waals surface area (Å²) in [6.07, 6.45) is 2.26. The summed E-state index contributed by atoms with van der Waals surface area (Å²) in [5.41, 5.74) is 3.48. The summed E-state index contributed by atoms with van der Waals surface area (Å²) < 4.78 is 6.42. The first-order valence-electron chi connectivity index (χ1n) is 11.2. The molecule has 2 aliphatic carbocycles. The van der Waals surface area contributed by atoms with Crippen LogP contribution in [-0.2, 0) is 14.4 Å². The molecule has 3 aliphatic rings. The Balaban J connectivity index is 1.98. The second kappa shape index (κ2) is 8.12. The lowest BCUT2D eigenvalue weighted by Gasteiger charge is -2.48. The van der Waals surface area contributed by atoms with Crippen molar-refractivity contribution in [2.45, 2.75) is 59.3 Å². The first-order chi connectivity index (χ1) is 15.3. The molecular weight excluding hydrogens is 486 g/mol. The molecule has 7 heteroatoms. The average Bonchev–Trinajstić information content (AvgIpc) is 2.67. The maximum Gasteiger partial charge on any atom is 0.341 e. The molecule has 4 rings (SSSR count). The zero-order valence-electron chi connectivity index (χ0n) is 19.8. The van der Waals surface area contributed by atoms with Crippen molar-refractivity contribution in [3.05, 3.63) is 50.8 Å². The molecule has 1 aliphatic heterocycles. The van der Waals surface area contributed by atoms with Gasteiger partial charge in [0, 0.05) is 58.4 Å². The number of carboxylic acids is 1. The van der Waals surface area contributed by atoms with Gasteiger partial charge in [0.15, 0.2) is 18.2 Å². The number of halogens is 1. The van der Waals surface area contributed by atoms with Crippen LogP contribution in [0.2, 0.25) is 0 Å². The number of carbonyl (C=O) groups excluding carboxylic acids is 2. The highest BCUT2D eigenvalue weighted by Crippen LogP contribution is 2.55. The van der Waals surface area contributed by atoms with Gasteiger partial charge in [-0.3, -0.25) is 9.59 Å². The van der Waals surface area contributed by atoms with E-state index in [-0.39, 0.29) is 22.4 Å². The van der Waals surface area contributed by atoms with Gasteiger partial charge in [-0.15, -0.1) is 0 Å². The monoisotopic (exact) mass is 515 g/mol. The summed E-state index contributed by atoms with van der Waals surface area (Å²) in [6.45, 7) is 7.88. The van der Waals surface area contributed by atoms with Crippen LogP contribution in [0.25, 0.3) is 0 Å². The van der Waals surface area contributed by atoms with E-state index in [9.17, 15) is 19.5 Å². The normalized spacial score (nSPS) is 22.3. The van der Waals surface area contributed by atoms with Gasteiger partial charge >= 0.3 is 5.97 Å². The third kappa shape index (κ3) is 4.39. The second-order valence-corrected chi connectivity index (χ2v) is 11.9. The first-order valence-corrected chi connectivity index (χ1v) is 12.0. The van der Waals surface area contributed by atoms with Crippen molar-refractivity contribution in [3.8, 4) is 5.75 Å². The molecule has 0 unspecified atom stereocenters. The van der Waals surface area contributed by atoms with Crippen molar-refractivity contribution >= 4 is 33.5 Å². The fraction of sp³-hybridized carbons (Fsp3) is 0.500. The van der Waals surface area contributed by atoms with Gasteiger partial charge in [-0.1, -0.05) is 43.6 Å². The highest BCUT2D eigenvalue weighted by Gasteiger charge is 2.48. The average molecular weight is 516 g/mol. The minimum Gasteiger partial charge on any atom is -0.482 e. The number of carbonyl (C=O) groups is 3. The number of benzene rings is 1. The molecule has 0 saturated carbocycles. The van der Waals surface area contributed by atoms with Crippen molar-refractivity contribution in [1.82, 2.24) is 4.90 Å². The molecular formula is C26H30BrNO5. The number of ketones is 2. The smallest absolute Gasteiger partial charge is 0.341 e. The Kier molecular flexibility index (Phi) is 5.84. The Bertz CT molecular complexity index is 1070. The quantitative estimate of drug-likeness (QED) is 0.590. The van der Waals surface area contributed by atoms with E-state index in [1.807, 2.05) is 13.1 Å². The van der Waals surface area contributed by atoms with Gasteiger partial charge in [-0.05, 0) is 41.9 Å². The first kappa shape index (κ1) is 23.7. The van der Waals surface area contributed by atoms with Crippen LogP contribution in [0.3, 0.4) is 0 Å². The lowest BCUT2D eigenvalue weighted by atomic mass is 9.63. The standard InChI is InChI=1S/C26H30BrNO5/c1-25(2)9-16-23(18(29)11-25)22(15-8-14(27)6-7-20(15)33-13-21(31)32)24-17(28(16)5)10-26(3,4)12-19(24)30/h6-8,22H,9-13H2,1-5H3,(H,31,32). The van der Waals surface area contributed by atoms with E-state index in [0.29, 0.717) is 35.3 Å². The summed E-state index contributed by atoms with van der Waals surface area (Å²) in [4.78, 5) is 40.4. The van der Waals surface area contributed by atoms with Gasteiger partial charge in [0.2, 0.25) is 0 Å². The number of nitrogens with zero attached hydrogens (tertiary/aromatic N) is 1. The van der Waals surface area contributed by atoms with E-state index < -0.39 is 18.5 Å². The van der Waals surface area contributed by atoms with Gasteiger partial charge in [0.05, 0.1) is 0 Å². The van der Waals surface area contributed by atoms with E-state index in [0.717, 1.165) is 28.7 Å². The third-order valence-corrected chi connectivity index (χ3v) is 7.31. The SMILES string of the molecule is CN1C2=C(C(=O)CC(C)(C)C2)C(c2cc(Br)ccc2OCC(=O)O)C2=C1CC(C)(C)CC2=O. The molecule has 0 aromatic heterocycles. The summed E-state index contributed by atoms with van der Waals surface area (Å²) in [6, 6.07) is 5.33. The summed E-state index contributed by atoms with van der Waals surface area (Å²) in [7, 11) is 1.97. The van der Waals surface area contributed by atoms with Crippen molar-refractivity contribution in [3.63, 3.8) is 0 Å². The fourth-order valence-electron chi connectivity index (χ4n) is 5.49. The molecule has 33 heavy (non-hydrogen) atoms. The molecule has 1 aromatic rings. The summed E-state index contributed by atoms with van der Waals surface area (Å²) in [5, 5.41) is 9.17. The minimum absolute atomic E-state index is 0.0337. The lowest BCUT2D eigenvalue weighted by Crippen LogP contribution is -2.43. The molecule has 0 bridgehead atoms. The number of allylic oxidation sites excluding steroid dienone is 4. The summed E-state index contributed by atoms with van der Waals surface area (Å²) >= 11 is 3.51. The fourth-order valence-corrected chi connectivity index (χ4v) is 5.87. The van der Waals surface area contributed by atoms with Crippen LogP contribution < -0.4 is 4.74 Å². The molecule has 0 spiro atoms. The van der Waals surface area contributed by atoms with Crippen LogP contribution in [0, 0.1) is 10.8 Å². The summed E-state index contributed by atoms with van der Waals surface area (Å²) in [5.74, 6) is -1.21. The van der Waals surface area contributed by atoms with Crippen LogP contribution in [0.5, 0.6) is 5.75 Å². The molecule has 1 heterocycles. The Labute approximate surface area is 202 Å². The largest absolute Gasteiger partial charge is 0.482 e. The van der Waals surface area contributed by atoms with E-state index >= 15 is 0 Å². The predicted molar refractivity (Wildman–Crippen MR) is 128 cm³/mol. The molecule has 0 fully saturated rings. The van der Waals surface area contributed by atoms with Crippen LogP contribution in [0.15, 0.2) is 45.2 Å². The Morgan fingerprint density at radius 2 is 1.55 bits per heavy atom. The molecule has 176 valence electrons. The van der Waals surface area contributed by atoms with Gasteiger partial charge in [-0.25, -0.2) is 4.79 Å². The maximum absolute atomic E-state index is 13.6. The van der Waals surface area contributed by atoms with Crippen molar-refractivity contribution < 1.29 is 24.2 Å². The number of Topliss-reactive ketones (excluding diaryl/α,β-unsaturated/α-hetero) is 2. The van der Waals surface area contributed by atoms with Crippen molar-refractivity contribution in [2.24, 2.45) is 10.8 Å². The minimum atomic E-state index is -1.09. The number of aliphatic carboxylic acids is 1. The molecule has 0 saturated heterocycles. The highest BCUT2D eigenvalue weighted by molar-refractivity contribution is 9.10. The third-order valence-electron chi connectivity index (χ3n) is 6.81. The van der Waals surface area contributed by atoms with Gasteiger partial charge in [-0.2, -0.15) is 0 Å². The van der Waals surface area contributed by atoms with Gasteiger partial charge < -0.3 is 14.7 Å². The Morgan fingerprint density at radius 3 is 2.03 bits per heavy atom. The molecule has 0 amide bonds. The lowest BCUT2D eigenvalue weighted by molar-refractivity contribution is -0.139. The molecule has 1 aromatic carbocycles. The zero-order chi connectivity index (χ0) is 24.3. The number of hydrogen-bond acceptors (Lipinski definition) is 5. The van der Waals surface area contributed by atoms with Gasteiger partial charge in [0.25, 0.3) is 0 Å². The second-order valence-electron chi connectivity index (χ2n) is 11.0. The van der Waals surface area contributed by atoms with Crippen LogP contribution >= 0.6 is 15.9 Å². The highest BCUT2D eigenvalue weighted by atomic mass is 79.9.